The van der Waals surface area contributed by atoms with Crippen LogP contribution in [0, 0.1) is 3.57 Å². The molecule has 2 heterocycles. The van der Waals surface area contributed by atoms with Crippen molar-refractivity contribution >= 4 is 34.3 Å². The quantitative estimate of drug-likeness (QED) is 0.834. The maximum atomic E-state index is 11.6. The van der Waals surface area contributed by atoms with Crippen molar-refractivity contribution in [2.75, 3.05) is 18.5 Å². The summed E-state index contributed by atoms with van der Waals surface area (Å²) in [5.41, 5.74) is 0. The Balaban J connectivity index is 2.01. The van der Waals surface area contributed by atoms with Crippen molar-refractivity contribution in [3.63, 3.8) is 0 Å². The monoisotopic (exact) mass is 332 g/mol. The van der Waals surface area contributed by atoms with Gasteiger partial charge in [-0.15, -0.1) is 0 Å². The van der Waals surface area contributed by atoms with E-state index in [4.69, 9.17) is 9.47 Å². The highest BCUT2D eigenvalue weighted by Crippen LogP contribution is 2.10. The summed E-state index contributed by atoms with van der Waals surface area (Å²) < 4.78 is 11.1. The molecule has 0 saturated carbocycles. The topological polar surface area (TPSA) is 60.5 Å². The molecule has 0 atom stereocenters. The first-order chi connectivity index (χ1) is 7.75. The third-order valence-electron chi connectivity index (χ3n) is 1.84. The smallest absolute Gasteiger partial charge is 0.295 e. The minimum Gasteiger partial charge on any atom is -0.494 e. The van der Waals surface area contributed by atoms with Crippen LogP contribution >= 0.6 is 22.6 Å². The van der Waals surface area contributed by atoms with Gasteiger partial charge in [0.25, 0.3) is 5.91 Å². The third-order valence-corrected chi connectivity index (χ3v) is 2.48. The first-order valence-corrected chi connectivity index (χ1v) is 5.71. The summed E-state index contributed by atoms with van der Waals surface area (Å²) in [4.78, 5) is 15.7. The van der Waals surface area contributed by atoms with Crippen molar-refractivity contribution in [1.82, 2.24) is 4.98 Å². The fourth-order valence-corrected chi connectivity index (χ4v) is 1.43. The minimum atomic E-state index is -0.353. The van der Waals surface area contributed by atoms with Crippen molar-refractivity contribution in [2.24, 2.45) is 0 Å². The molecule has 1 N–H and O–H groups in total. The molecule has 16 heavy (non-hydrogen) atoms. The normalized spacial score (nSPS) is 14.4. The zero-order valence-corrected chi connectivity index (χ0v) is 10.4. The van der Waals surface area contributed by atoms with Crippen LogP contribution in [0.5, 0.6) is 0 Å². The van der Waals surface area contributed by atoms with Gasteiger partial charge in [-0.1, -0.05) is 0 Å². The predicted molar refractivity (Wildman–Crippen MR) is 65.6 cm³/mol. The van der Waals surface area contributed by atoms with Gasteiger partial charge in [-0.05, 0) is 34.7 Å². The Morgan fingerprint density at radius 1 is 1.44 bits per heavy atom. The van der Waals surface area contributed by atoms with E-state index in [1.807, 2.05) is 6.07 Å². The molecule has 5 nitrogen and oxygen atoms in total. The molecule has 1 aromatic rings. The second-order valence-corrected chi connectivity index (χ2v) is 4.26. The lowest BCUT2D eigenvalue weighted by atomic mass is 10.4. The summed E-state index contributed by atoms with van der Waals surface area (Å²) in [6.45, 7) is 0.859. The summed E-state index contributed by atoms with van der Waals surface area (Å²) in [7, 11) is 0. The van der Waals surface area contributed by atoms with Gasteiger partial charge in [-0.25, -0.2) is 4.98 Å². The number of halogens is 1. The number of hydrogen-bond acceptors (Lipinski definition) is 4. The van der Waals surface area contributed by atoms with Gasteiger partial charge < -0.3 is 14.8 Å². The second kappa shape index (κ2) is 5.15. The van der Waals surface area contributed by atoms with Crippen LogP contribution in [0.3, 0.4) is 0 Å². The molecule has 0 aliphatic carbocycles. The second-order valence-electron chi connectivity index (χ2n) is 3.02. The number of hydrogen-bond donors (Lipinski definition) is 1. The lowest BCUT2D eigenvalue weighted by Crippen LogP contribution is -2.21. The van der Waals surface area contributed by atoms with Crippen molar-refractivity contribution in [1.29, 1.82) is 0 Å². The molecule has 1 aromatic heterocycles. The highest BCUT2D eigenvalue weighted by atomic mass is 127. The van der Waals surface area contributed by atoms with Crippen LogP contribution in [0.2, 0.25) is 0 Å². The summed E-state index contributed by atoms with van der Waals surface area (Å²) in [6, 6.07) is 3.58. The average Bonchev–Trinajstić information content (AvgIpc) is 2.33. The molecule has 1 aliphatic heterocycles. The number of nitrogens with one attached hydrogen (secondary N) is 1. The van der Waals surface area contributed by atoms with E-state index in [1.165, 1.54) is 6.26 Å². The molecular weight excluding hydrogens is 323 g/mol. The number of pyridine rings is 1. The molecule has 1 aliphatic rings. The molecule has 84 valence electrons. The van der Waals surface area contributed by atoms with E-state index < -0.39 is 0 Å². The number of ether oxygens (including phenoxy) is 2. The highest BCUT2D eigenvalue weighted by Gasteiger charge is 2.15. The van der Waals surface area contributed by atoms with Gasteiger partial charge in [0.15, 0.2) is 0 Å². The summed E-state index contributed by atoms with van der Waals surface area (Å²) in [6.07, 6.45) is 2.98. The van der Waals surface area contributed by atoms with Gasteiger partial charge >= 0.3 is 0 Å². The van der Waals surface area contributed by atoms with E-state index in [2.05, 4.69) is 32.9 Å². The van der Waals surface area contributed by atoms with Crippen LogP contribution in [0.25, 0.3) is 0 Å². The number of carbonyl (C=O) groups is 1. The van der Waals surface area contributed by atoms with Crippen LogP contribution in [-0.2, 0) is 14.3 Å². The molecule has 2 rings (SSSR count). The van der Waals surface area contributed by atoms with Gasteiger partial charge in [0.1, 0.15) is 25.3 Å². The Labute approximate surface area is 106 Å². The number of amides is 1. The van der Waals surface area contributed by atoms with E-state index in [-0.39, 0.29) is 11.7 Å². The van der Waals surface area contributed by atoms with Crippen LogP contribution in [-0.4, -0.2) is 24.1 Å². The Bertz CT molecular complexity index is 417. The lowest BCUT2D eigenvalue weighted by molar-refractivity contribution is -0.117. The molecule has 6 heteroatoms. The third kappa shape index (κ3) is 2.84. The highest BCUT2D eigenvalue weighted by molar-refractivity contribution is 14.1. The van der Waals surface area contributed by atoms with Gasteiger partial charge in [0.2, 0.25) is 5.76 Å². The average molecular weight is 332 g/mol. The van der Waals surface area contributed by atoms with E-state index in [0.717, 1.165) is 3.57 Å². The molecule has 0 spiro atoms. The van der Waals surface area contributed by atoms with Crippen LogP contribution < -0.4 is 5.32 Å². The Morgan fingerprint density at radius 3 is 2.94 bits per heavy atom. The van der Waals surface area contributed by atoms with Crippen molar-refractivity contribution < 1.29 is 14.3 Å². The summed E-state index contributed by atoms with van der Waals surface area (Å²) in [5.74, 6) is 0.306. The molecule has 0 bridgehead atoms. The Hall–Kier alpha value is -1.31. The van der Waals surface area contributed by atoms with Crippen molar-refractivity contribution in [2.45, 2.75) is 0 Å². The fourth-order valence-electron chi connectivity index (χ4n) is 1.12. The maximum absolute atomic E-state index is 11.6. The molecule has 0 fully saturated rings. The van der Waals surface area contributed by atoms with Crippen LogP contribution in [0.1, 0.15) is 0 Å². The van der Waals surface area contributed by atoms with E-state index in [0.29, 0.717) is 19.0 Å². The first-order valence-electron chi connectivity index (χ1n) is 4.63. The Morgan fingerprint density at radius 2 is 2.31 bits per heavy atom. The van der Waals surface area contributed by atoms with Gasteiger partial charge in [0.05, 0.1) is 0 Å². The van der Waals surface area contributed by atoms with E-state index >= 15 is 0 Å². The zero-order chi connectivity index (χ0) is 11.4. The summed E-state index contributed by atoms with van der Waals surface area (Å²) >= 11 is 2.14. The SMILES string of the molecule is O=C(Nc1ccc(I)cn1)C1=COCCO1. The number of rotatable bonds is 2. The zero-order valence-electron chi connectivity index (χ0n) is 8.27. The maximum Gasteiger partial charge on any atom is 0.295 e. The molecule has 0 unspecified atom stereocenters. The van der Waals surface area contributed by atoms with Crippen LogP contribution in [0.4, 0.5) is 5.82 Å². The minimum absolute atomic E-state index is 0.173. The molecule has 0 radical (unpaired) electrons. The number of aromatic nitrogens is 1. The van der Waals surface area contributed by atoms with Crippen LogP contribution in [0.15, 0.2) is 30.4 Å². The molecule has 1 amide bonds. The van der Waals surface area contributed by atoms with Crippen molar-refractivity contribution in [3.05, 3.63) is 33.9 Å². The first kappa shape index (κ1) is 11.2. The standard InChI is InChI=1S/C10H9IN2O3/c11-7-1-2-9(12-5-7)13-10(14)8-6-15-3-4-16-8/h1-2,5-6H,3-4H2,(H,12,13,14). The molecular formula is C10H9IN2O3. The summed E-state index contributed by atoms with van der Waals surface area (Å²) in [5, 5.41) is 2.61. The Kier molecular flexibility index (Phi) is 3.60. The van der Waals surface area contributed by atoms with Crippen molar-refractivity contribution in [3.8, 4) is 0 Å². The van der Waals surface area contributed by atoms with E-state index in [1.54, 1.807) is 12.3 Å². The molecule has 0 aromatic carbocycles. The van der Waals surface area contributed by atoms with E-state index in [9.17, 15) is 4.79 Å². The van der Waals surface area contributed by atoms with Gasteiger partial charge in [-0.2, -0.15) is 0 Å². The van der Waals surface area contributed by atoms with Gasteiger partial charge in [-0.3, -0.25) is 4.79 Å². The number of anilines is 1. The fraction of sp³-hybridized carbons (Fsp3) is 0.200. The molecule has 0 saturated heterocycles. The number of nitrogens with zero attached hydrogens (tertiary/aromatic N) is 1. The lowest BCUT2D eigenvalue weighted by Gasteiger charge is -2.14. The largest absolute Gasteiger partial charge is 0.494 e. The predicted octanol–water partition coefficient (Wildman–Crippen LogP) is 1.51. The number of carbonyl (C=O) groups excluding carboxylic acids is 1. The van der Waals surface area contributed by atoms with Gasteiger partial charge in [0, 0.05) is 9.77 Å².